The summed E-state index contributed by atoms with van der Waals surface area (Å²) in [6.45, 7) is 1.98. The van der Waals surface area contributed by atoms with Crippen LogP contribution in [0.25, 0.3) is 4.96 Å². The summed E-state index contributed by atoms with van der Waals surface area (Å²) in [5.74, 6) is 0. The number of aliphatic hydroxyl groups excluding tert-OH is 1. The van der Waals surface area contributed by atoms with Crippen LogP contribution >= 0.6 is 11.3 Å². The van der Waals surface area contributed by atoms with E-state index in [1.165, 1.54) is 11.1 Å². The zero-order valence-electron chi connectivity index (χ0n) is 13.1. The van der Waals surface area contributed by atoms with Crippen molar-refractivity contribution in [1.82, 2.24) is 14.3 Å². The predicted molar refractivity (Wildman–Crippen MR) is 92.7 cm³/mol. The third-order valence-corrected chi connectivity index (χ3v) is 5.42. The van der Waals surface area contributed by atoms with Crippen LogP contribution in [0.4, 0.5) is 0 Å². The van der Waals surface area contributed by atoms with Gasteiger partial charge in [0.2, 0.25) is 0 Å². The van der Waals surface area contributed by atoms with Crippen molar-refractivity contribution in [3.05, 3.63) is 58.9 Å². The van der Waals surface area contributed by atoms with Crippen LogP contribution in [0.5, 0.6) is 0 Å². The molecule has 0 aliphatic heterocycles. The molecule has 2 aromatic heterocycles. The van der Waals surface area contributed by atoms with Gasteiger partial charge in [0, 0.05) is 43.5 Å². The highest BCUT2D eigenvalue weighted by atomic mass is 32.1. The number of aromatic nitrogens is 2. The summed E-state index contributed by atoms with van der Waals surface area (Å²) >= 11 is 1.67. The second-order valence-electron chi connectivity index (χ2n) is 6.13. The SMILES string of the molecule is OCCCN(Cc1cn2ccsc2n1)C1CCc2ccccc21. The molecule has 0 radical (unpaired) electrons. The van der Waals surface area contributed by atoms with E-state index in [9.17, 15) is 5.11 Å². The molecule has 0 fully saturated rings. The highest BCUT2D eigenvalue weighted by Crippen LogP contribution is 2.36. The van der Waals surface area contributed by atoms with E-state index in [1.54, 1.807) is 11.3 Å². The predicted octanol–water partition coefficient (Wildman–Crippen LogP) is 3.27. The van der Waals surface area contributed by atoms with Gasteiger partial charge in [0.1, 0.15) is 0 Å². The Balaban J connectivity index is 1.58. The first-order valence-electron chi connectivity index (χ1n) is 8.19. The van der Waals surface area contributed by atoms with Gasteiger partial charge in [0.15, 0.2) is 4.96 Å². The minimum absolute atomic E-state index is 0.239. The molecule has 120 valence electrons. The number of benzene rings is 1. The van der Waals surface area contributed by atoms with E-state index in [1.807, 2.05) is 0 Å². The fraction of sp³-hybridized carbons (Fsp3) is 0.389. The number of aliphatic hydroxyl groups is 1. The Labute approximate surface area is 140 Å². The monoisotopic (exact) mass is 327 g/mol. The van der Waals surface area contributed by atoms with Gasteiger partial charge in [-0.15, -0.1) is 11.3 Å². The average Bonchev–Trinajstić information content (AvgIpc) is 3.25. The second kappa shape index (κ2) is 6.43. The summed E-state index contributed by atoms with van der Waals surface area (Å²) in [5.41, 5.74) is 4.03. The maximum Gasteiger partial charge on any atom is 0.193 e. The van der Waals surface area contributed by atoms with Crippen LogP contribution in [0.3, 0.4) is 0 Å². The van der Waals surface area contributed by atoms with E-state index < -0.39 is 0 Å². The molecule has 0 spiro atoms. The van der Waals surface area contributed by atoms with E-state index in [2.05, 4.69) is 51.3 Å². The van der Waals surface area contributed by atoms with Gasteiger partial charge in [-0.05, 0) is 30.4 Å². The Bertz CT molecular complexity index is 766. The maximum atomic E-state index is 9.26. The van der Waals surface area contributed by atoms with Crippen LogP contribution in [0, 0.1) is 0 Å². The Hall–Kier alpha value is -1.69. The molecule has 4 rings (SSSR count). The van der Waals surface area contributed by atoms with E-state index in [0.29, 0.717) is 6.04 Å². The van der Waals surface area contributed by atoms with Crippen LogP contribution in [0.1, 0.15) is 35.7 Å². The molecule has 3 aromatic rings. The Morgan fingerprint density at radius 2 is 2.26 bits per heavy atom. The molecule has 1 aliphatic rings. The lowest BCUT2D eigenvalue weighted by atomic mass is 10.1. The quantitative estimate of drug-likeness (QED) is 0.755. The Morgan fingerprint density at radius 1 is 1.35 bits per heavy atom. The standard InChI is InChI=1S/C18H21N3OS/c22-10-3-8-20(12-15-13-21-9-11-23-18(21)19-15)17-7-6-14-4-1-2-5-16(14)17/h1-2,4-5,9,11,13,17,22H,3,6-8,10,12H2. The first-order valence-corrected chi connectivity index (χ1v) is 9.07. The van der Waals surface area contributed by atoms with E-state index in [0.717, 1.165) is 43.0 Å². The van der Waals surface area contributed by atoms with Crippen LogP contribution in [0.2, 0.25) is 0 Å². The van der Waals surface area contributed by atoms with Gasteiger partial charge in [0.25, 0.3) is 0 Å². The molecule has 1 aromatic carbocycles. The fourth-order valence-electron chi connectivity index (χ4n) is 3.59. The van der Waals surface area contributed by atoms with Crippen LogP contribution < -0.4 is 0 Å². The molecule has 4 nitrogen and oxygen atoms in total. The number of hydrogen-bond acceptors (Lipinski definition) is 4. The zero-order chi connectivity index (χ0) is 15.6. The van der Waals surface area contributed by atoms with Crippen LogP contribution in [0.15, 0.2) is 42.0 Å². The summed E-state index contributed by atoms with van der Waals surface area (Å²) in [6.07, 6.45) is 7.29. The summed E-state index contributed by atoms with van der Waals surface area (Å²) in [7, 11) is 0. The molecular formula is C18H21N3OS. The normalized spacial score (nSPS) is 17.2. The molecule has 1 atom stereocenters. The van der Waals surface area contributed by atoms with Crippen molar-refractivity contribution in [3.63, 3.8) is 0 Å². The summed E-state index contributed by atoms with van der Waals surface area (Å²) in [6, 6.07) is 9.20. The number of imidazole rings is 1. The smallest absolute Gasteiger partial charge is 0.193 e. The number of fused-ring (bicyclic) bond motifs is 2. The van der Waals surface area contributed by atoms with Crippen molar-refractivity contribution in [2.45, 2.75) is 31.8 Å². The molecule has 1 N–H and O–H groups in total. The number of nitrogens with zero attached hydrogens (tertiary/aromatic N) is 3. The fourth-order valence-corrected chi connectivity index (χ4v) is 4.31. The topological polar surface area (TPSA) is 40.8 Å². The second-order valence-corrected chi connectivity index (χ2v) is 7.00. The number of aryl methyl sites for hydroxylation is 1. The van der Waals surface area contributed by atoms with Gasteiger partial charge in [0.05, 0.1) is 5.69 Å². The molecule has 5 heteroatoms. The highest BCUT2D eigenvalue weighted by Gasteiger charge is 2.27. The first-order chi connectivity index (χ1) is 11.3. The molecule has 0 saturated heterocycles. The molecule has 1 aliphatic carbocycles. The summed E-state index contributed by atoms with van der Waals surface area (Å²) in [4.78, 5) is 8.26. The number of hydrogen-bond donors (Lipinski definition) is 1. The van der Waals surface area contributed by atoms with Gasteiger partial charge in [-0.1, -0.05) is 24.3 Å². The molecule has 0 amide bonds. The van der Waals surface area contributed by atoms with Crippen molar-refractivity contribution in [3.8, 4) is 0 Å². The Kier molecular flexibility index (Phi) is 4.16. The van der Waals surface area contributed by atoms with Gasteiger partial charge in [-0.3, -0.25) is 9.30 Å². The lowest BCUT2D eigenvalue weighted by molar-refractivity contribution is 0.164. The highest BCUT2D eigenvalue weighted by molar-refractivity contribution is 7.15. The third-order valence-electron chi connectivity index (χ3n) is 4.65. The molecular weight excluding hydrogens is 306 g/mol. The van der Waals surface area contributed by atoms with Crippen molar-refractivity contribution in [2.75, 3.05) is 13.2 Å². The molecule has 0 saturated carbocycles. The molecule has 0 bridgehead atoms. The first kappa shape index (κ1) is 14.9. The van der Waals surface area contributed by atoms with Gasteiger partial charge < -0.3 is 5.11 Å². The minimum atomic E-state index is 0.239. The van der Waals surface area contributed by atoms with Gasteiger partial charge in [-0.2, -0.15) is 0 Å². The molecule has 2 heterocycles. The van der Waals surface area contributed by atoms with Gasteiger partial charge in [-0.25, -0.2) is 4.98 Å². The summed E-state index contributed by atoms with van der Waals surface area (Å²) < 4.78 is 2.09. The molecule has 1 unspecified atom stereocenters. The number of thiazole rings is 1. The van der Waals surface area contributed by atoms with Crippen molar-refractivity contribution in [2.24, 2.45) is 0 Å². The van der Waals surface area contributed by atoms with Gasteiger partial charge >= 0.3 is 0 Å². The van der Waals surface area contributed by atoms with Crippen molar-refractivity contribution < 1.29 is 5.11 Å². The Morgan fingerprint density at radius 3 is 3.13 bits per heavy atom. The number of rotatable bonds is 6. The summed E-state index contributed by atoms with van der Waals surface area (Å²) in [5, 5.41) is 11.3. The third kappa shape index (κ3) is 2.92. The van der Waals surface area contributed by atoms with E-state index >= 15 is 0 Å². The largest absolute Gasteiger partial charge is 0.396 e. The van der Waals surface area contributed by atoms with Crippen molar-refractivity contribution >= 4 is 16.3 Å². The lowest BCUT2D eigenvalue weighted by Crippen LogP contribution is -2.29. The average molecular weight is 327 g/mol. The lowest BCUT2D eigenvalue weighted by Gasteiger charge is -2.28. The van der Waals surface area contributed by atoms with Crippen molar-refractivity contribution in [1.29, 1.82) is 0 Å². The van der Waals surface area contributed by atoms with E-state index in [-0.39, 0.29) is 6.61 Å². The van der Waals surface area contributed by atoms with Crippen LogP contribution in [-0.4, -0.2) is 32.5 Å². The van der Waals surface area contributed by atoms with E-state index in [4.69, 9.17) is 4.98 Å². The zero-order valence-corrected chi connectivity index (χ0v) is 13.9. The van der Waals surface area contributed by atoms with Crippen LogP contribution in [-0.2, 0) is 13.0 Å². The molecule has 23 heavy (non-hydrogen) atoms. The maximum absolute atomic E-state index is 9.26. The minimum Gasteiger partial charge on any atom is -0.396 e.